The largest absolute Gasteiger partial charge is 0.496 e. The van der Waals surface area contributed by atoms with Crippen LogP contribution in [0, 0.1) is 0 Å². The zero-order chi connectivity index (χ0) is 15.2. The molecule has 1 unspecified atom stereocenters. The molecule has 2 aromatic rings. The summed E-state index contributed by atoms with van der Waals surface area (Å²) in [4.78, 5) is 0. The fraction of sp³-hybridized carbons (Fsp3) is 0.294. The summed E-state index contributed by atoms with van der Waals surface area (Å²) in [5.74, 6) is 0.868. The molecule has 0 amide bonds. The predicted molar refractivity (Wildman–Crippen MR) is 92.3 cm³/mol. The molecule has 21 heavy (non-hydrogen) atoms. The Morgan fingerprint density at radius 1 is 1.19 bits per heavy atom. The molecule has 0 aliphatic carbocycles. The Balaban J connectivity index is 2.42. The number of methoxy groups -OCH3 is 1. The third-order valence-corrected chi connectivity index (χ3v) is 4.05. The maximum Gasteiger partial charge on any atom is 0.125 e. The van der Waals surface area contributed by atoms with E-state index >= 15 is 0 Å². The maximum absolute atomic E-state index is 5.99. The van der Waals surface area contributed by atoms with Crippen molar-refractivity contribution in [3.05, 3.63) is 63.1 Å². The van der Waals surface area contributed by atoms with Crippen molar-refractivity contribution < 1.29 is 4.74 Å². The van der Waals surface area contributed by atoms with Crippen LogP contribution < -0.4 is 10.1 Å². The summed E-state index contributed by atoms with van der Waals surface area (Å²) in [6.45, 7) is 3.09. The minimum Gasteiger partial charge on any atom is -0.496 e. The molecule has 0 heterocycles. The fourth-order valence-electron chi connectivity index (χ4n) is 2.27. The number of benzene rings is 2. The van der Waals surface area contributed by atoms with Crippen LogP contribution in [0.3, 0.4) is 0 Å². The molecule has 0 saturated heterocycles. The highest BCUT2D eigenvalue weighted by molar-refractivity contribution is 9.10. The van der Waals surface area contributed by atoms with Gasteiger partial charge in [-0.3, -0.25) is 0 Å². The van der Waals surface area contributed by atoms with Crippen LogP contribution in [-0.2, 0) is 0 Å². The van der Waals surface area contributed by atoms with Crippen LogP contribution in [0.5, 0.6) is 5.75 Å². The molecule has 0 fully saturated rings. The van der Waals surface area contributed by atoms with Gasteiger partial charge in [-0.1, -0.05) is 52.7 Å². The second kappa shape index (κ2) is 7.83. The molecule has 112 valence electrons. The SMILES string of the molecule is CCCNC(c1ccc(Cl)cc1)c1ccc(Br)cc1OC. The molecule has 2 rings (SSSR count). The van der Waals surface area contributed by atoms with Gasteiger partial charge in [0.1, 0.15) is 5.75 Å². The summed E-state index contributed by atoms with van der Waals surface area (Å²) in [6, 6.07) is 14.1. The molecule has 0 saturated carbocycles. The van der Waals surface area contributed by atoms with Crippen LogP contribution in [0.1, 0.15) is 30.5 Å². The zero-order valence-corrected chi connectivity index (χ0v) is 14.5. The lowest BCUT2D eigenvalue weighted by molar-refractivity contribution is 0.403. The van der Waals surface area contributed by atoms with E-state index in [9.17, 15) is 0 Å². The second-order valence-corrected chi connectivity index (χ2v) is 6.18. The Kier molecular flexibility index (Phi) is 6.09. The molecular formula is C17H19BrClNO. The van der Waals surface area contributed by atoms with Crippen LogP contribution >= 0.6 is 27.5 Å². The minimum atomic E-state index is 0.0882. The lowest BCUT2D eigenvalue weighted by Crippen LogP contribution is -2.23. The highest BCUT2D eigenvalue weighted by Gasteiger charge is 2.17. The van der Waals surface area contributed by atoms with Crippen molar-refractivity contribution in [1.29, 1.82) is 0 Å². The average molecular weight is 369 g/mol. The van der Waals surface area contributed by atoms with E-state index in [1.807, 2.05) is 24.3 Å². The van der Waals surface area contributed by atoms with Gasteiger partial charge in [-0.25, -0.2) is 0 Å². The van der Waals surface area contributed by atoms with E-state index < -0.39 is 0 Å². The van der Waals surface area contributed by atoms with E-state index in [2.05, 4.69) is 46.4 Å². The number of halogens is 2. The van der Waals surface area contributed by atoms with Gasteiger partial charge in [-0.2, -0.15) is 0 Å². The van der Waals surface area contributed by atoms with Crippen molar-refractivity contribution in [2.75, 3.05) is 13.7 Å². The quantitative estimate of drug-likeness (QED) is 0.756. The summed E-state index contributed by atoms with van der Waals surface area (Å²) in [6.07, 6.45) is 1.07. The van der Waals surface area contributed by atoms with Crippen molar-refractivity contribution in [3.63, 3.8) is 0 Å². The van der Waals surface area contributed by atoms with Crippen LogP contribution in [0.4, 0.5) is 0 Å². The molecule has 0 radical (unpaired) electrons. The van der Waals surface area contributed by atoms with E-state index in [-0.39, 0.29) is 6.04 Å². The van der Waals surface area contributed by atoms with Crippen molar-refractivity contribution in [2.24, 2.45) is 0 Å². The standard InChI is InChI=1S/C17H19BrClNO/c1-3-10-20-17(12-4-7-14(19)8-5-12)15-9-6-13(18)11-16(15)21-2/h4-9,11,17,20H,3,10H2,1-2H3. The Morgan fingerprint density at radius 3 is 2.52 bits per heavy atom. The van der Waals surface area contributed by atoms with Gasteiger partial charge < -0.3 is 10.1 Å². The molecule has 0 aromatic heterocycles. The van der Waals surface area contributed by atoms with Crippen molar-refractivity contribution in [2.45, 2.75) is 19.4 Å². The maximum atomic E-state index is 5.99. The van der Waals surface area contributed by atoms with Crippen molar-refractivity contribution >= 4 is 27.5 Å². The van der Waals surface area contributed by atoms with Gasteiger partial charge in [0.2, 0.25) is 0 Å². The summed E-state index contributed by atoms with van der Waals surface area (Å²) in [7, 11) is 1.70. The first-order valence-electron chi connectivity index (χ1n) is 6.98. The predicted octanol–water partition coefficient (Wildman–Crippen LogP) is 5.20. The smallest absolute Gasteiger partial charge is 0.125 e. The zero-order valence-electron chi connectivity index (χ0n) is 12.2. The van der Waals surface area contributed by atoms with Gasteiger partial charge in [0.05, 0.1) is 13.2 Å². The van der Waals surface area contributed by atoms with Crippen LogP contribution in [-0.4, -0.2) is 13.7 Å². The normalized spacial score (nSPS) is 12.2. The van der Waals surface area contributed by atoms with E-state index in [4.69, 9.17) is 16.3 Å². The van der Waals surface area contributed by atoms with Crippen LogP contribution in [0.2, 0.25) is 5.02 Å². The third kappa shape index (κ3) is 4.22. The molecule has 0 aliphatic rings. The number of rotatable bonds is 6. The van der Waals surface area contributed by atoms with Gasteiger partial charge in [-0.05, 0) is 42.8 Å². The molecule has 0 bridgehead atoms. The van der Waals surface area contributed by atoms with Gasteiger partial charge in [0.25, 0.3) is 0 Å². The second-order valence-electron chi connectivity index (χ2n) is 4.82. The molecule has 1 atom stereocenters. The molecule has 2 nitrogen and oxygen atoms in total. The Morgan fingerprint density at radius 2 is 1.90 bits per heavy atom. The fourth-order valence-corrected chi connectivity index (χ4v) is 2.74. The van der Waals surface area contributed by atoms with Gasteiger partial charge in [-0.15, -0.1) is 0 Å². The van der Waals surface area contributed by atoms with E-state index in [0.717, 1.165) is 33.8 Å². The summed E-state index contributed by atoms with van der Waals surface area (Å²) in [5.41, 5.74) is 2.30. The molecule has 4 heteroatoms. The van der Waals surface area contributed by atoms with Crippen LogP contribution in [0.25, 0.3) is 0 Å². The molecule has 0 spiro atoms. The highest BCUT2D eigenvalue weighted by Crippen LogP contribution is 2.32. The number of ether oxygens (including phenoxy) is 1. The Hall–Kier alpha value is -1.03. The summed E-state index contributed by atoms with van der Waals surface area (Å²) < 4.78 is 6.54. The Bertz CT molecular complexity index is 586. The molecule has 0 aliphatic heterocycles. The molecule has 2 aromatic carbocycles. The number of hydrogen-bond donors (Lipinski definition) is 1. The third-order valence-electron chi connectivity index (χ3n) is 3.31. The van der Waals surface area contributed by atoms with Crippen LogP contribution in [0.15, 0.2) is 46.9 Å². The molecular weight excluding hydrogens is 350 g/mol. The highest BCUT2D eigenvalue weighted by atomic mass is 79.9. The minimum absolute atomic E-state index is 0.0882. The van der Waals surface area contributed by atoms with E-state index in [1.54, 1.807) is 7.11 Å². The van der Waals surface area contributed by atoms with Gasteiger partial charge >= 0.3 is 0 Å². The first-order chi connectivity index (χ1) is 10.2. The van der Waals surface area contributed by atoms with E-state index in [0.29, 0.717) is 0 Å². The van der Waals surface area contributed by atoms with Crippen molar-refractivity contribution in [3.8, 4) is 5.75 Å². The van der Waals surface area contributed by atoms with Gasteiger partial charge in [0, 0.05) is 15.1 Å². The summed E-state index contributed by atoms with van der Waals surface area (Å²) in [5, 5.41) is 4.32. The lowest BCUT2D eigenvalue weighted by atomic mass is 9.97. The van der Waals surface area contributed by atoms with Gasteiger partial charge in [0.15, 0.2) is 0 Å². The molecule has 1 N–H and O–H groups in total. The Labute approximate surface area is 139 Å². The van der Waals surface area contributed by atoms with E-state index in [1.165, 1.54) is 5.56 Å². The average Bonchev–Trinajstić information content (AvgIpc) is 2.50. The monoisotopic (exact) mass is 367 g/mol. The van der Waals surface area contributed by atoms with Crippen molar-refractivity contribution in [1.82, 2.24) is 5.32 Å². The lowest BCUT2D eigenvalue weighted by Gasteiger charge is -2.22. The summed E-state index contributed by atoms with van der Waals surface area (Å²) >= 11 is 9.48. The topological polar surface area (TPSA) is 21.3 Å². The number of hydrogen-bond acceptors (Lipinski definition) is 2. The first kappa shape index (κ1) is 16.3. The first-order valence-corrected chi connectivity index (χ1v) is 8.15. The number of nitrogens with one attached hydrogen (secondary N) is 1.